The van der Waals surface area contributed by atoms with Crippen LogP contribution in [0.4, 0.5) is 5.82 Å². The Morgan fingerprint density at radius 3 is 2.11 bits per heavy atom. The average molecular weight is 257 g/mol. The van der Waals surface area contributed by atoms with Gasteiger partial charge in [-0.05, 0) is 18.1 Å². The highest BCUT2D eigenvalue weighted by Gasteiger charge is 2.27. The fraction of sp³-hybridized carbons (Fsp3) is 0.438. The van der Waals surface area contributed by atoms with Crippen LogP contribution in [0.2, 0.25) is 0 Å². The van der Waals surface area contributed by atoms with Gasteiger partial charge < -0.3 is 5.73 Å². The molecule has 0 unspecified atom stereocenters. The largest absolute Gasteiger partial charge is 0.383 e. The van der Waals surface area contributed by atoms with Gasteiger partial charge in [-0.15, -0.1) is 0 Å². The summed E-state index contributed by atoms with van der Waals surface area (Å²) in [4.78, 5) is 0. The molecule has 1 aromatic carbocycles. The Labute approximate surface area is 115 Å². The number of nitrogens with zero attached hydrogens (tertiary/aromatic N) is 2. The molecular formula is C16H23N3. The van der Waals surface area contributed by atoms with Crippen molar-refractivity contribution in [1.29, 1.82) is 0 Å². The Morgan fingerprint density at radius 1 is 1.11 bits per heavy atom. The predicted molar refractivity (Wildman–Crippen MR) is 80.8 cm³/mol. The third-order valence-corrected chi connectivity index (χ3v) is 3.25. The molecule has 0 saturated carbocycles. The zero-order chi connectivity index (χ0) is 14.2. The number of hydrogen-bond donors (Lipinski definition) is 1. The topological polar surface area (TPSA) is 43.8 Å². The molecule has 102 valence electrons. The number of anilines is 1. The maximum absolute atomic E-state index is 6.33. The minimum Gasteiger partial charge on any atom is -0.383 e. The number of nitrogen functional groups attached to an aromatic ring is 1. The molecule has 1 aromatic heterocycles. The normalized spacial score (nSPS) is 12.1. The van der Waals surface area contributed by atoms with E-state index in [-0.39, 0.29) is 5.41 Å². The van der Waals surface area contributed by atoms with Crippen LogP contribution in [0.3, 0.4) is 0 Å². The number of rotatable bonds is 2. The van der Waals surface area contributed by atoms with Crippen molar-refractivity contribution >= 4 is 5.82 Å². The summed E-state index contributed by atoms with van der Waals surface area (Å²) >= 11 is 0. The highest BCUT2D eigenvalue weighted by atomic mass is 15.3. The van der Waals surface area contributed by atoms with Gasteiger partial charge in [0.05, 0.1) is 11.4 Å². The lowest BCUT2D eigenvalue weighted by atomic mass is 9.86. The molecule has 2 aromatic rings. The molecule has 3 heteroatoms. The lowest BCUT2D eigenvalue weighted by molar-refractivity contribution is 0.551. The Balaban J connectivity index is 2.66. The first-order valence-electron chi connectivity index (χ1n) is 6.76. The Hall–Kier alpha value is -1.77. The summed E-state index contributed by atoms with van der Waals surface area (Å²) in [5.41, 5.74) is 9.59. The Morgan fingerprint density at radius 2 is 1.68 bits per heavy atom. The van der Waals surface area contributed by atoms with Crippen molar-refractivity contribution in [2.45, 2.75) is 46.0 Å². The summed E-state index contributed by atoms with van der Waals surface area (Å²) in [6, 6.07) is 10.1. The van der Waals surface area contributed by atoms with E-state index in [9.17, 15) is 0 Å². The van der Waals surface area contributed by atoms with E-state index < -0.39 is 0 Å². The van der Waals surface area contributed by atoms with Crippen LogP contribution in [0.15, 0.2) is 30.3 Å². The van der Waals surface area contributed by atoms with Gasteiger partial charge in [0.1, 0.15) is 5.82 Å². The van der Waals surface area contributed by atoms with Gasteiger partial charge in [-0.1, -0.05) is 52.8 Å². The first kappa shape index (κ1) is 13.7. The minimum atomic E-state index is -0.00620. The van der Waals surface area contributed by atoms with Gasteiger partial charge in [-0.25, -0.2) is 4.68 Å². The van der Waals surface area contributed by atoms with E-state index in [1.165, 1.54) is 0 Å². The second kappa shape index (κ2) is 4.72. The monoisotopic (exact) mass is 257 g/mol. The van der Waals surface area contributed by atoms with Crippen molar-refractivity contribution < 1.29 is 0 Å². The van der Waals surface area contributed by atoms with Crippen LogP contribution in [0.1, 0.15) is 51.8 Å². The van der Waals surface area contributed by atoms with Crippen LogP contribution in [0.5, 0.6) is 0 Å². The van der Waals surface area contributed by atoms with Crippen molar-refractivity contribution in [3.05, 3.63) is 41.6 Å². The van der Waals surface area contributed by atoms with Gasteiger partial charge in [-0.3, -0.25) is 0 Å². The fourth-order valence-corrected chi connectivity index (χ4v) is 2.33. The van der Waals surface area contributed by atoms with E-state index in [0.717, 1.165) is 22.8 Å². The summed E-state index contributed by atoms with van der Waals surface area (Å²) < 4.78 is 1.86. The summed E-state index contributed by atoms with van der Waals surface area (Å²) in [5.74, 6) is 1.12. The lowest BCUT2D eigenvalue weighted by Crippen LogP contribution is -2.15. The molecule has 1 heterocycles. The molecule has 0 fully saturated rings. The number of benzene rings is 1. The number of nitrogens with two attached hydrogens (primary N) is 1. The first-order chi connectivity index (χ1) is 8.82. The van der Waals surface area contributed by atoms with E-state index in [4.69, 9.17) is 10.8 Å². The van der Waals surface area contributed by atoms with Crippen LogP contribution in [-0.2, 0) is 5.41 Å². The number of aromatic nitrogens is 2. The molecule has 0 bridgehead atoms. The smallest absolute Gasteiger partial charge is 0.130 e. The van der Waals surface area contributed by atoms with Crippen molar-refractivity contribution in [2.24, 2.45) is 0 Å². The van der Waals surface area contributed by atoms with E-state index in [1.807, 2.05) is 35.0 Å². The maximum atomic E-state index is 6.33. The van der Waals surface area contributed by atoms with E-state index in [1.54, 1.807) is 0 Å². The Bertz CT molecular complexity index is 560. The lowest BCUT2D eigenvalue weighted by Gasteiger charge is -2.19. The van der Waals surface area contributed by atoms with Crippen LogP contribution in [0, 0.1) is 0 Å². The van der Waals surface area contributed by atoms with Crippen LogP contribution < -0.4 is 5.73 Å². The van der Waals surface area contributed by atoms with Crippen molar-refractivity contribution in [3.8, 4) is 5.69 Å². The van der Waals surface area contributed by atoms with Crippen LogP contribution >= 0.6 is 0 Å². The third kappa shape index (κ3) is 2.50. The number of hydrogen-bond acceptors (Lipinski definition) is 2. The standard InChI is InChI=1S/C16H23N3/c1-11(2)13-14(16(3,4)5)18-19(15(13)17)12-9-7-6-8-10-12/h6-11H,17H2,1-5H3. The molecule has 0 spiro atoms. The second-order valence-corrected chi connectivity index (χ2v) is 6.30. The molecule has 0 amide bonds. The van der Waals surface area contributed by atoms with Crippen LogP contribution in [0.25, 0.3) is 5.69 Å². The summed E-state index contributed by atoms with van der Waals surface area (Å²) in [6.07, 6.45) is 0. The average Bonchev–Trinajstić information content (AvgIpc) is 2.68. The van der Waals surface area contributed by atoms with E-state index in [2.05, 4.69) is 34.6 Å². The van der Waals surface area contributed by atoms with Gasteiger partial charge in [0.2, 0.25) is 0 Å². The molecule has 0 saturated heterocycles. The highest BCUT2D eigenvalue weighted by Crippen LogP contribution is 2.34. The molecule has 2 rings (SSSR count). The molecule has 2 N–H and O–H groups in total. The molecule has 19 heavy (non-hydrogen) atoms. The second-order valence-electron chi connectivity index (χ2n) is 6.30. The highest BCUT2D eigenvalue weighted by molar-refractivity contribution is 5.53. The SMILES string of the molecule is CC(C)c1c(C(C)(C)C)nn(-c2ccccc2)c1N. The molecule has 0 aliphatic carbocycles. The predicted octanol–water partition coefficient (Wildman–Crippen LogP) is 3.88. The molecule has 0 aliphatic rings. The minimum absolute atomic E-state index is 0.00620. The summed E-state index contributed by atoms with van der Waals surface area (Å²) in [6.45, 7) is 10.9. The summed E-state index contributed by atoms with van der Waals surface area (Å²) in [5, 5.41) is 4.76. The van der Waals surface area contributed by atoms with Crippen LogP contribution in [-0.4, -0.2) is 9.78 Å². The molecule has 0 radical (unpaired) electrons. The van der Waals surface area contributed by atoms with Gasteiger partial charge >= 0.3 is 0 Å². The summed E-state index contributed by atoms with van der Waals surface area (Å²) in [7, 11) is 0. The van der Waals surface area contributed by atoms with Gasteiger partial charge in [0.25, 0.3) is 0 Å². The molecule has 0 aliphatic heterocycles. The third-order valence-electron chi connectivity index (χ3n) is 3.25. The fourth-order valence-electron chi connectivity index (χ4n) is 2.33. The Kier molecular flexibility index (Phi) is 3.40. The van der Waals surface area contributed by atoms with E-state index >= 15 is 0 Å². The van der Waals surface area contributed by atoms with Crippen molar-refractivity contribution in [3.63, 3.8) is 0 Å². The molecule has 3 nitrogen and oxygen atoms in total. The molecular weight excluding hydrogens is 234 g/mol. The maximum Gasteiger partial charge on any atom is 0.130 e. The van der Waals surface area contributed by atoms with Crippen molar-refractivity contribution in [1.82, 2.24) is 9.78 Å². The van der Waals surface area contributed by atoms with E-state index in [0.29, 0.717) is 5.92 Å². The zero-order valence-electron chi connectivity index (χ0n) is 12.4. The molecule has 0 atom stereocenters. The van der Waals surface area contributed by atoms with Gasteiger partial charge in [0, 0.05) is 11.0 Å². The first-order valence-corrected chi connectivity index (χ1v) is 6.76. The quantitative estimate of drug-likeness (QED) is 0.887. The van der Waals surface area contributed by atoms with Gasteiger partial charge in [0.15, 0.2) is 0 Å². The zero-order valence-corrected chi connectivity index (χ0v) is 12.4. The number of para-hydroxylation sites is 1. The van der Waals surface area contributed by atoms with Crippen molar-refractivity contribution in [2.75, 3.05) is 5.73 Å². The van der Waals surface area contributed by atoms with Gasteiger partial charge in [-0.2, -0.15) is 5.10 Å².